The Morgan fingerprint density at radius 3 is 2.88 bits per heavy atom. The van der Waals surface area contributed by atoms with Gasteiger partial charge in [0.1, 0.15) is 11.8 Å². The lowest BCUT2D eigenvalue weighted by Gasteiger charge is -2.36. The van der Waals surface area contributed by atoms with Crippen LogP contribution in [0, 0.1) is 18.3 Å². The van der Waals surface area contributed by atoms with E-state index in [1.54, 1.807) is 29.7 Å². The minimum Gasteiger partial charge on any atom is -0.496 e. The first kappa shape index (κ1) is 24.2. The highest BCUT2D eigenvalue weighted by atomic mass is 32.2. The van der Waals surface area contributed by atoms with Gasteiger partial charge in [-0.15, -0.1) is 0 Å². The Bertz CT molecular complexity index is 1240. The van der Waals surface area contributed by atoms with Crippen LogP contribution in [0.25, 0.3) is 0 Å². The molecule has 1 unspecified atom stereocenters. The number of carbonyl (C=O) groups excluding carboxylic acids is 2. The minimum atomic E-state index is -0.331. The Labute approximate surface area is 210 Å². The number of ether oxygens (including phenoxy) is 1. The molecular weight excluding hydrogens is 490 g/mol. The van der Waals surface area contributed by atoms with Crippen LogP contribution in [0.3, 0.4) is 0 Å². The number of methoxy groups -OCH3 is 1. The molecule has 1 N–H and O–H groups in total. The zero-order chi connectivity index (χ0) is 24.2. The fraction of sp³-hybridized carbons (Fsp3) is 0.304. The summed E-state index contributed by atoms with van der Waals surface area (Å²) in [6.45, 7) is 3.50. The third kappa shape index (κ3) is 5.26. The Hall–Kier alpha value is -2.91. The van der Waals surface area contributed by atoms with E-state index < -0.39 is 0 Å². The maximum Gasteiger partial charge on any atom is 0.258 e. The summed E-state index contributed by atoms with van der Waals surface area (Å²) in [4.78, 5) is 34.5. The summed E-state index contributed by atoms with van der Waals surface area (Å²) < 4.78 is 6.40. The third-order valence-electron chi connectivity index (χ3n) is 5.51. The van der Waals surface area contributed by atoms with Crippen LogP contribution in [-0.2, 0) is 0 Å². The zero-order valence-electron chi connectivity index (χ0n) is 18.9. The van der Waals surface area contributed by atoms with Gasteiger partial charge in [-0.3, -0.25) is 19.8 Å². The van der Waals surface area contributed by atoms with Crippen LogP contribution in [0.5, 0.6) is 5.75 Å². The average molecular weight is 514 g/mol. The first-order chi connectivity index (χ1) is 16.4. The molecule has 34 heavy (non-hydrogen) atoms. The summed E-state index contributed by atoms with van der Waals surface area (Å²) in [5.74, 6) is 0.163. The van der Waals surface area contributed by atoms with Gasteiger partial charge in [0.15, 0.2) is 5.13 Å². The minimum absolute atomic E-state index is 0.153. The first-order valence-corrected chi connectivity index (χ1v) is 13.0. The summed E-state index contributed by atoms with van der Waals surface area (Å²) >= 11 is 4.32. The van der Waals surface area contributed by atoms with E-state index in [0.717, 1.165) is 14.7 Å². The van der Waals surface area contributed by atoms with Gasteiger partial charge >= 0.3 is 0 Å². The molecular formula is C23H23N5O3S3. The third-order valence-corrected chi connectivity index (χ3v) is 8.37. The predicted octanol–water partition coefficient (Wildman–Crippen LogP) is 4.20. The smallest absolute Gasteiger partial charge is 0.258 e. The lowest BCUT2D eigenvalue weighted by Crippen LogP contribution is -2.52. The number of likely N-dealkylation sites (N-methyl/N-ethyl adjacent to an activating group) is 1. The Balaban J connectivity index is 1.53. The van der Waals surface area contributed by atoms with Crippen molar-refractivity contribution in [3.63, 3.8) is 0 Å². The molecule has 1 aliphatic rings. The fourth-order valence-corrected chi connectivity index (χ4v) is 6.08. The molecule has 0 radical (unpaired) electrons. The van der Waals surface area contributed by atoms with Gasteiger partial charge in [-0.2, -0.15) is 16.6 Å². The van der Waals surface area contributed by atoms with E-state index in [0.29, 0.717) is 41.6 Å². The maximum absolute atomic E-state index is 13.4. The van der Waals surface area contributed by atoms with Crippen molar-refractivity contribution < 1.29 is 14.3 Å². The molecule has 1 aromatic carbocycles. The number of nitrogens with zero attached hydrogens (tertiary/aromatic N) is 4. The lowest BCUT2D eigenvalue weighted by atomic mass is 10.1. The van der Waals surface area contributed by atoms with E-state index in [1.807, 2.05) is 36.4 Å². The summed E-state index contributed by atoms with van der Waals surface area (Å²) in [7, 11) is 3.44. The number of aromatic nitrogens is 1. The molecule has 0 aliphatic carbocycles. The molecule has 0 saturated carbocycles. The number of hydrogen-bond donors (Lipinski definition) is 1. The number of hydrogen-bond acceptors (Lipinski definition) is 9. The second kappa shape index (κ2) is 10.6. The first-order valence-electron chi connectivity index (χ1n) is 10.4. The van der Waals surface area contributed by atoms with Gasteiger partial charge in [0.2, 0.25) is 0 Å². The number of anilines is 1. The molecule has 0 spiro atoms. The van der Waals surface area contributed by atoms with Crippen molar-refractivity contribution in [1.82, 2.24) is 14.8 Å². The summed E-state index contributed by atoms with van der Waals surface area (Å²) in [6.07, 6.45) is 1.71. The van der Waals surface area contributed by atoms with Crippen LogP contribution in [-0.4, -0.2) is 66.4 Å². The van der Waals surface area contributed by atoms with Gasteiger partial charge in [-0.25, -0.2) is 4.98 Å². The molecule has 1 atom stereocenters. The van der Waals surface area contributed by atoms with Crippen molar-refractivity contribution in [2.24, 2.45) is 0 Å². The molecule has 3 heterocycles. The topological polar surface area (TPSA) is 98.6 Å². The molecule has 3 aromatic rings. The predicted molar refractivity (Wildman–Crippen MR) is 134 cm³/mol. The SMILES string of the molecule is COc1cc(C)c(Sc2cnc(NC(=O)c3ccsc3)s2)cc1C(=O)N1CCN(C)C(C#N)C1. The molecule has 1 saturated heterocycles. The van der Waals surface area contributed by atoms with Gasteiger partial charge in [0, 0.05) is 29.9 Å². The molecule has 11 heteroatoms. The second-order valence-corrected chi connectivity index (χ2v) is 10.9. The highest BCUT2D eigenvalue weighted by Gasteiger charge is 2.29. The molecule has 0 bridgehead atoms. The van der Waals surface area contributed by atoms with E-state index in [1.165, 1.54) is 34.4 Å². The molecule has 2 aromatic heterocycles. The molecule has 2 amide bonds. The molecule has 8 nitrogen and oxygen atoms in total. The van der Waals surface area contributed by atoms with Crippen molar-refractivity contribution in [1.29, 1.82) is 5.26 Å². The van der Waals surface area contributed by atoms with Gasteiger partial charge in [-0.05, 0) is 43.1 Å². The number of rotatable bonds is 6. The number of aryl methyl sites for hydroxylation is 1. The average Bonchev–Trinajstić information content (AvgIpc) is 3.52. The zero-order valence-corrected chi connectivity index (χ0v) is 21.4. The van der Waals surface area contributed by atoms with Gasteiger partial charge < -0.3 is 9.64 Å². The number of carbonyl (C=O) groups is 2. The van der Waals surface area contributed by atoms with Crippen molar-refractivity contribution >= 4 is 51.4 Å². The Kier molecular flexibility index (Phi) is 7.53. The fourth-order valence-electron chi connectivity index (χ4n) is 3.51. The van der Waals surface area contributed by atoms with Crippen LogP contribution in [0.4, 0.5) is 5.13 Å². The van der Waals surface area contributed by atoms with Crippen LogP contribution >= 0.6 is 34.4 Å². The molecule has 176 valence electrons. The van der Waals surface area contributed by atoms with E-state index in [-0.39, 0.29) is 17.9 Å². The van der Waals surface area contributed by atoms with Crippen molar-refractivity contribution in [3.8, 4) is 11.8 Å². The van der Waals surface area contributed by atoms with Gasteiger partial charge in [0.05, 0.1) is 34.7 Å². The number of piperazine rings is 1. The standard InChI is InChI=1S/C23H23N5O3S3/c1-14-8-18(31-3)17(22(30)28-6-5-27(2)16(10-24)12-28)9-19(14)33-20-11-25-23(34-20)26-21(29)15-4-7-32-13-15/h4,7-9,11,13,16H,5-6,12H2,1-3H3,(H,25,26,29). The van der Waals surface area contributed by atoms with Crippen LogP contribution in [0.2, 0.25) is 0 Å². The van der Waals surface area contributed by atoms with E-state index in [2.05, 4.69) is 16.4 Å². The quantitative estimate of drug-likeness (QED) is 0.527. The number of nitrogens with one attached hydrogen (secondary N) is 1. The summed E-state index contributed by atoms with van der Waals surface area (Å²) in [6, 6.07) is 7.39. The highest BCUT2D eigenvalue weighted by molar-refractivity contribution is 8.01. The maximum atomic E-state index is 13.4. The van der Waals surface area contributed by atoms with E-state index in [9.17, 15) is 14.9 Å². The van der Waals surface area contributed by atoms with Crippen molar-refractivity contribution in [2.75, 3.05) is 39.1 Å². The Morgan fingerprint density at radius 1 is 1.35 bits per heavy atom. The van der Waals surface area contributed by atoms with E-state index >= 15 is 0 Å². The lowest BCUT2D eigenvalue weighted by molar-refractivity contribution is 0.0607. The number of benzene rings is 1. The van der Waals surface area contributed by atoms with Crippen LogP contribution in [0.1, 0.15) is 26.3 Å². The number of amides is 2. The molecule has 4 rings (SSSR count). The number of thiophene rings is 1. The highest BCUT2D eigenvalue weighted by Crippen LogP contribution is 2.38. The van der Waals surface area contributed by atoms with Gasteiger partial charge in [-0.1, -0.05) is 23.1 Å². The van der Waals surface area contributed by atoms with Gasteiger partial charge in [0.25, 0.3) is 11.8 Å². The van der Waals surface area contributed by atoms with Crippen molar-refractivity contribution in [3.05, 3.63) is 51.8 Å². The normalized spacial score (nSPS) is 16.2. The summed E-state index contributed by atoms with van der Waals surface area (Å²) in [5, 5.41) is 16.4. The van der Waals surface area contributed by atoms with E-state index in [4.69, 9.17) is 4.74 Å². The molecule has 1 aliphatic heterocycles. The molecule has 1 fully saturated rings. The van der Waals surface area contributed by atoms with Crippen LogP contribution < -0.4 is 10.1 Å². The van der Waals surface area contributed by atoms with Crippen LogP contribution in [0.15, 0.2) is 44.3 Å². The number of thiazole rings is 1. The largest absolute Gasteiger partial charge is 0.496 e. The Morgan fingerprint density at radius 2 is 2.18 bits per heavy atom. The monoisotopic (exact) mass is 513 g/mol. The van der Waals surface area contributed by atoms with Crippen molar-refractivity contribution in [2.45, 2.75) is 22.1 Å². The number of nitriles is 1. The second-order valence-electron chi connectivity index (χ2n) is 7.75. The summed E-state index contributed by atoms with van der Waals surface area (Å²) in [5.41, 5.74) is 2.03.